The Morgan fingerprint density at radius 2 is 2.04 bits per heavy atom. The molecule has 1 atom stereocenters. The number of hydrogen-bond acceptors (Lipinski definition) is 3. The molecule has 2 rings (SSSR count). The molecule has 1 fully saturated rings. The Kier molecular flexibility index (Phi) is 6.33. The minimum absolute atomic E-state index is 0.108. The molecule has 0 saturated carbocycles. The first kappa shape index (κ1) is 17.7. The van der Waals surface area contributed by atoms with E-state index in [1.165, 1.54) is 6.07 Å². The van der Waals surface area contributed by atoms with Crippen molar-refractivity contribution in [2.45, 2.75) is 45.3 Å². The molecule has 0 aliphatic carbocycles. The largest absolute Gasteiger partial charge is 0.481 e. The van der Waals surface area contributed by atoms with Crippen LogP contribution in [0, 0.1) is 11.6 Å². The van der Waals surface area contributed by atoms with Crippen LogP contribution in [0.1, 0.15) is 33.1 Å². The number of rotatable bonds is 6. The monoisotopic (exact) mass is 326 g/mol. The predicted molar refractivity (Wildman–Crippen MR) is 84.3 cm³/mol. The Bertz CT molecular complexity index is 533. The maximum absolute atomic E-state index is 13.2. The lowest BCUT2D eigenvalue weighted by Crippen LogP contribution is -2.50. The molecule has 4 nitrogen and oxygen atoms in total. The van der Waals surface area contributed by atoms with Gasteiger partial charge in [0.05, 0.1) is 0 Å². The van der Waals surface area contributed by atoms with Crippen molar-refractivity contribution in [3.8, 4) is 5.75 Å². The van der Waals surface area contributed by atoms with Crippen LogP contribution in [0.4, 0.5) is 8.78 Å². The van der Waals surface area contributed by atoms with Crippen molar-refractivity contribution in [2.75, 3.05) is 19.6 Å². The number of benzene rings is 1. The van der Waals surface area contributed by atoms with E-state index in [0.717, 1.165) is 44.5 Å². The summed E-state index contributed by atoms with van der Waals surface area (Å²) in [7, 11) is 0. The van der Waals surface area contributed by atoms with Gasteiger partial charge < -0.3 is 15.0 Å². The zero-order valence-corrected chi connectivity index (χ0v) is 13.6. The quantitative estimate of drug-likeness (QED) is 0.874. The maximum Gasteiger partial charge on any atom is 0.263 e. The van der Waals surface area contributed by atoms with Crippen LogP contribution < -0.4 is 10.1 Å². The number of nitrogens with zero attached hydrogens (tertiary/aromatic N) is 1. The molecular weight excluding hydrogens is 302 g/mol. The van der Waals surface area contributed by atoms with Gasteiger partial charge in [0.25, 0.3) is 5.91 Å². The molecule has 0 spiro atoms. The van der Waals surface area contributed by atoms with Crippen molar-refractivity contribution in [1.29, 1.82) is 0 Å². The highest BCUT2D eigenvalue weighted by Crippen LogP contribution is 2.19. The smallest absolute Gasteiger partial charge is 0.263 e. The SMILES string of the molecule is CCCN(C(=O)C(C)Oc1ccc(F)c(F)c1)C1CCNCC1. The van der Waals surface area contributed by atoms with Crippen LogP contribution in [0.2, 0.25) is 0 Å². The van der Waals surface area contributed by atoms with E-state index in [1.54, 1.807) is 6.92 Å². The van der Waals surface area contributed by atoms with Gasteiger partial charge >= 0.3 is 0 Å². The summed E-state index contributed by atoms with van der Waals surface area (Å²) in [4.78, 5) is 14.6. The second kappa shape index (κ2) is 8.24. The van der Waals surface area contributed by atoms with Crippen LogP contribution >= 0.6 is 0 Å². The molecule has 0 bridgehead atoms. The maximum atomic E-state index is 13.2. The molecule has 0 aromatic heterocycles. The van der Waals surface area contributed by atoms with Gasteiger partial charge in [-0.25, -0.2) is 8.78 Å². The van der Waals surface area contributed by atoms with Gasteiger partial charge in [-0.05, 0) is 51.4 Å². The summed E-state index contributed by atoms with van der Waals surface area (Å²) in [6.45, 7) is 6.15. The topological polar surface area (TPSA) is 41.6 Å². The molecule has 1 saturated heterocycles. The zero-order valence-electron chi connectivity index (χ0n) is 13.6. The molecule has 1 unspecified atom stereocenters. The number of hydrogen-bond donors (Lipinski definition) is 1. The van der Waals surface area contributed by atoms with Gasteiger partial charge in [0.2, 0.25) is 0 Å². The Labute approximate surface area is 135 Å². The summed E-state index contributed by atoms with van der Waals surface area (Å²) >= 11 is 0. The lowest BCUT2D eigenvalue weighted by molar-refractivity contribution is -0.141. The molecule has 128 valence electrons. The molecule has 0 radical (unpaired) electrons. The fourth-order valence-electron chi connectivity index (χ4n) is 2.87. The van der Waals surface area contributed by atoms with Gasteiger partial charge in [0.1, 0.15) is 5.75 Å². The summed E-state index contributed by atoms with van der Waals surface area (Å²) < 4.78 is 31.7. The zero-order chi connectivity index (χ0) is 16.8. The van der Waals surface area contributed by atoms with E-state index in [9.17, 15) is 13.6 Å². The van der Waals surface area contributed by atoms with Crippen LogP contribution in [0.25, 0.3) is 0 Å². The first-order valence-corrected chi connectivity index (χ1v) is 8.15. The third-order valence-corrected chi connectivity index (χ3v) is 4.05. The first-order valence-electron chi connectivity index (χ1n) is 8.15. The Morgan fingerprint density at radius 1 is 1.35 bits per heavy atom. The minimum atomic E-state index is -0.981. The van der Waals surface area contributed by atoms with Gasteiger partial charge in [-0.2, -0.15) is 0 Å². The number of halogens is 2. The third-order valence-electron chi connectivity index (χ3n) is 4.05. The summed E-state index contributed by atoms with van der Waals surface area (Å²) in [5.74, 6) is -1.86. The van der Waals surface area contributed by atoms with E-state index in [2.05, 4.69) is 5.32 Å². The third kappa shape index (κ3) is 4.64. The molecule has 1 aromatic rings. The Hall–Kier alpha value is -1.69. The van der Waals surface area contributed by atoms with Crippen molar-refractivity contribution >= 4 is 5.91 Å². The lowest BCUT2D eigenvalue weighted by atomic mass is 10.0. The average molecular weight is 326 g/mol. The van der Waals surface area contributed by atoms with E-state index in [1.807, 2.05) is 11.8 Å². The highest BCUT2D eigenvalue weighted by molar-refractivity contribution is 5.81. The standard InChI is InChI=1S/C17H24F2N2O2/c1-3-10-21(13-6-8-20-9-7-13)17(22)12(2)23-14-4-5-15(18)16(19)11-14/h4-5,11-13,20H,3,6-10H2,1-2H3. The number of carbonyl (C=O) groups is 1. The van der Waals surface area contributed by atoms with Gasteiger partial charge in [-0.15, -0.1) is 0 Å². The van der Waals surface area contributed by atoms with Gasteiger partial charge in [0, 0.05) is 18.7 Å². The molecule has 1 aromatic carbocycles. The summed E-state index contributed by atoms with van der Waals surface area (Å²) in [5, 5.41) is 3.28. The van der Waals surface area contributed by atoms with Crippen molar-refractivity contribution in [3.63, 3.8) is 0 Å². The Balaban J connectivity index is 2.03. The molecular formula is C17H24F2N2O2. The van der Waals surface area contributed by atoms with Crippen molar-refractivity contribution in [3.05, 3.63) is 29.8 Å². The average Bonchev–Trinajstić information content (AvgIpc) is 2.56. The number of carbonyl (C=O) groups excluding carboxylic acids is 1. The van der Waals surface area contributed by atoms with Crippen LogP contribution in [-0.4, -0.2) is 42.6 Å². The lowest BCUT2D eigenvalue weighted by Gasteiger charge is -2.36. The molecule has 6 heteroatoms. The van der Waals surface area contributed by atoms with Crippen LogP contribution in [0.3, 0.4) is 0 Å². The fourth-order valence-corrected chi connectivity index (χ4v) is 2.87. The minimum Gasteiger partial charge on any atom is -0.481 e. The van der Waals surface area contributed by atoms with Crippen molar-refractivity contribution < 1.29 is 18.3 Å². The van der Waals surface area contributed by atoms with E-state index in [4.69, 9.17) is 4.74 Å². The van der Waals surface area contributed by atoms with Crippen LogP contribution in [0.15, 0.2) is 18.2 Å². The summed E-state index contributed by atoms with van der Waals surface area (Å²) in [6.07, 6.45) is 1.97. The number of amides is 1. The van der Waals surface area contributed by atoms with E-state index in [0.29, 0.717) is 6.54 Å². The van der Waals surface area contributed by atoms with Crippen LogP contribution in [-0.2, 0) is 4.79 Å². The summed E-state index contributed by atoms with van der Waals surface area (Å²) in [6, 6.07) is 3.50. The fraction of sp³-hybridized carbons (Fsp3) is 0.588. The van der Waals surface area contributed by atoms with Crippen molar-refractivity contribution in [2.24, 2.45) is 0 Å². The van der Waals surface area contributed by atoms with E-state index < -0.39 is 17.7 Å². The van der Waals surface area contributed by atoms with E-state index in [-0.39, 0.29) is 17.7 Å². The van der Waals surface area contributed by atoms with Crippen LogP contribution in [0.5, 0.6) is 5.75 Å². The highest BCUT2D eigenvalue weighted by atomic mass is 19.2. The molecule has 1 amide bonds. The highest BCUT2D eigenvalue weighted by Gasteiger charge is 2.29. The normalized spacial score (nSPS) is 16.9. The second-order valence-corrected chi connectivity index (χ2v) is 5.85. The number of piperidine rings is 1. The number of nitrogens with one attached hydrogen (secondary N) is 1. The van der Waals surface area contributed by atoms with Gasteiger partial charge in [-0.3, -0.25) is 4.79 Å². The van der Waals surface area contributed by atoms with E-state index >= 15 is 0 Å². The molecule has 1 heterocycles. The molecule has 1 aliphatic rings. The van der Waals surface area contributed by atoms with Gasteiger partial charge in [0.15, 0.2) is 17.7 Å². The second-order valence-electron chi connectivity index (χ2n) is 5.85. The number of ether oxygens (including phenoxy) is 1. The molecule has 1 aliphatic heterocycles. The summed E-state index contributed by atoms with van der Waals surface area (Å²) in [5.41, 5.74) is 0. The Morgan fingerprint density at radius 3 is 2.65 bits per heavy atom. The molecule has 23 heavy (non-hydrogen) atoms. The van der Waals surface area contributed by atoms with Crippen molar-refractivity contribution in [1.82, 2.24) is 10.2 Å². The predicted octanol–water partition coefficient (Wildman–Crippen LogP) is 2.72. The first-order chi connectivity index (χ1) is 11.0. The van der Waals surface area contributed by atoms with Gasteiger partial charge in [-0.1, -0.05) is 6.92 Å². The molecule has 1 N–H and O–H groups in total.